The molecule has 0 aromatic carbocycles. The van der Waals surface area contributed by atoms with Gasteiger partial charge in [0.15, 0.2) is 5.65 Å². The van der Waals surface area contributed by atoms with Gasteiger partial charge < -0.3 is 9.47 Å². The second-order valence-electron chi connectivity index (χ2n) is 5.53. The summed E-state index contributed by atoms with van der Waals surface area (Å²) in [6, 6.07) is 4.62. The molecule has 3 rings (SSSR count). The zero-order valence-corrected chi connectivity index (χ0v) is 11.8. The van der Waals surface area contributed by atoms with E-state index in [1.165, 1.54) is 31.8 Å². The SMILES string of the molecule is CCCc1nc2cccnc2n1C1CCN(C)CC1. The molecule has 4 heteroatoms. The molecule has 2 aromatic heterocycles. The summed E-state index contributed by atoms with van der Waals surface area (Å²) in [6.07, 6.45) is 6.47. The van der Waals surface area contributed by atoms with E-state index in [1.54, 1.807) is 0 Å². The van der Waals surface area contributed by atoms with E-state index in [0.29, 0.717) is 6.04 Å². The number of pyridine rings is 1. The fourth-order valence-corrected chi connectivity index (χ4v) is 3.01. The molecule has 0 unspecified atom stereocenters. The molecule has 1 saturated heterocycles. The van der Waals surface area contributed by atoms with Gasteiger partial charge in [-0.1, -0.05) is 6.92 Å². The molecule has 0 N–H and O–H groups in total. The molecular weight excluding hydrogens is 236 g/mol. The van der Waals surface area contributed by atoms with Crippen LogP contribution < -0.4 is 0 Å². The monoisotopic (exact) mass is 258 g/mol. The summed E-state index contributed by atoms with van der Waals surface area (Å²) >= 11 is 0. The highest BCUT2D eigenvalue weighted by Gasteiger charge is 2.23. The van der Waals surface area contributed by atoms with Crippen molar-refractivity contribution < 1.29 is 0 Å². The summed E-state index contributed by atoms with van der Waals surface area (Å²) < 4.78 is 2.41. The number of rotatable bonds is 3. The Kier molecular flexibility index (Phi) is 3.51. The Bertz CT molecular complexity index is 552. The van der Waals surface area contributed by atoms with Crippen molar-refractivity contribution >= 4 is 11.2 Å². The van der Waals surface area contributed by atoms with Gasteiger partial charge >= 0.3 is 0 Å². The second-order valence-corrected chi connectivity index (χ2v) is 5.53. The molecule has 0 saturated carbocycles. The third kappa shape index (κ3) is 2.37. The summed E-state index contributed by atoms with van der Waals surface area (Å²) in [7, 11) is 2.20. The van der Waals surface area contributed by atoms with Crippen LogP contribution in [0.5, 0.6) is 0 Å². The minimum Gasteiger partial charge on any atom is -0.309 e. The fraction of sp³-hybridized carbons (Fsp3) is 0.600. The molecule has 0 bridgehead atoms. The first-order chi connectivity index (χ1) is 9.29. The standard InChI is InChI=1S/C15H22N4/c1-3-5-14-17-13-6-4-9-16-15(13)19(14)12-7-10-18(2)11-8-12/h4,6,9,12H,3,5,7-8,10-11H2,1-2H3. The van der Waals surface area contributed by atoms with E-state index in [4.69, 9.17) is 4.98 Å². The van der Waals surface area contributed by atoms with Crippen LogP contribution in [-0.4, -0.2) is 39.6 Å². The van der Waals surface area contributed by atoms with Gasteiger partial charge in [-0.25, -0.2) is 9.97 Å². The van der Waals surface area contributed by atoms with Crippen LogP contribution in [0.15, 0.2) is 18.3 Å². The van der Waals surface area contributed by atoms with E-state index < -0.39 is 0 Å². The van der Waals surface area contributed by atoms with Crippen molar-refractivity contribution in [3.05, 3.63) is 24.2 Å². The van der Waals surface area contributed by atoms with Crippen molar-refractivity contribution in [1.29, 1.82) is 0 Å². The van der Waals surface area contributed by atoms with Crippen LogP contribution in [0.1, 0.15) is 38.1 Å². The Labute approximate surface area is 114 Å². The lowest BCUT2D eigenvalue weighted by Gasteiger charge is -2.30. The van der Waals surface area contributed by atoms with Crippen molar-refractivity contribution in [2.75, 3.05) is 20.1 Å². The summed E-state index contributed by atoms with van der Waals surface area (Å²) in [5, 5.41) is 0. The predicted molar refractivity (Wildman–Crippen MR) is 77.3 cm³/mol. The van der Waals surface area contributed by atoms with Gasteiger partial charge in [-0.2, -0.15) is 0 Å². The van der Waals surface area contributed by atoms with Crippen LogP contribution >= 0.6 is 0 Å². The molecule has 3 heterocycles. The third-order valence-corrected chi connectivity index (χ3v) is 4.05. The van der Waals surface area contributed by atoms with Crippen LogP contribution in [-0.2, 0) is 6.42 Å². The van der Waals surface area contributed by atoms with Gasteiger partial charge in [0.2, 0.25) is 0 Å². The average Bonchev–Trinajstić information content (AvgIpc) is 2.78. The van der Waals surface area contributed by atoms with Crippen molar-refractivity contribution in [2.45, 2.75) is 38.6 Å². The number of hydrogen-bond acceptors (Lipinski definition) is 3. The minimum atomic E-state index is 0.567. The zero-order chi connectivity index (χ0) is 13.2. The van der Waals surface area contributed by atoms with Gasteiger partial charge in [-0.05, 0) is 51.5 Å². The maximum absolute atomic E-state index is 4.78. The third-order valence-electron chi connectivity index (χ3n) is 4.05. The Morgan fingerprint density at radius 3 is 2.84 bits per heavy atom. The lowest BCUT2D eigenvalue weighted by molar-refractivity contribution is 0.221. The van der Waals surface area contributed by atoms with Crippen molar-refractivity contribution in [3.63, 3.8) is 0 Å². The fourth-order valence-electron chi connectivity index (χ4n) is 3.01. The van der Waals surface area contributed by atoms with Crippen LogP contribution in [0.4, 0.5) is 0 Å². The first-order valence-electron chi connectivity index (χ1n) is 7.30. The number of aromatic nitrogens is 3. The van der Waals surface area contributed by atoms with Gasteiger partial charge in [-0.3, -0.25) is 0 Å². The predicted octanol–water partition coefficient (Wildman–Crippen LogP) is 2.65. The van der Waals surface area contributed by atoms with Gasteiger partial charge in [0.25, 0.3) is 0 Å². The maximum Gasteiger partial charge on any atom is 0.160 e. The Morgan fingerprint density at radius 2 is 2.11 bits per heavy atom. The molecule has 1 aliphatic heterocycles. The van der Waals surface area contributed by atoms with Crippen molar-refractivity contribution in [3.8, 4) is 0 Å². The summed E-state index contributed by atoms with van der Waals surface area (Å²) in [6.45, 7) is 4.55. The number of nitrogens with zero attached hydrogens (tertiary/aromatic N) is 4. The second kappa shape index (κ2) is 5.29. The highest BCUT2D eigenvalue weighted by molar-refractivity contribution is 5.71. The first-order valence-corrected chi connectivity index (χ1v) is 7.30. The number of aryl methyl sites for hydroxylation is 1. The molecule has 0 spiro atoms. The number of hydrogen-bond donors (Lipinski definition) is 0. The van der Waals surface area contributed by atoms with Gasteiger partial charge in [0.05, 0.1) is 0 Å². The number of fused-ring (bicyclic) bond motifs is 1. The summed E-state index contributed by atoms with van der Waals surface area (Å²) in [5.41, 5.74) is 2.12. The molecule has 4 nitrogen and oxygen atoms in total. The largest absolute Gasteiger partial charge is 0.309 e. The summed E-state index contributed by atoms with van der Waals surface area (Å²) in [5.74, 6) is 1.21. The molecule has 102 valence electrons. The maximum atomic E-state index is 4.78. The lowest BCUT2D eigenvalue weighted by Crippen LogP contribution is -2.32. The average molecular weight is 258 g/mol. The van der Waals surface area contributed by atoms with Crippen LogP contribution in [0.2, 0.25) is 0 Å². The Morgan fingerprint density at radius 1 is 1.32 bits per heavy atom. The van der Waals surface area contributed by atoms with E-state index in [-0.39, 0.29) is 0 Å². The lowest BCUT2D eigenvalue weighted by atomic mass is 10.0. The van der Waals surface area contributed by atoms with E-state index in [9.17, 15) is 0 Å². The molecule has 19 heavy (non-hydrogen) atoms. The van der Waals surface area contributed by atoms with E-state index in [2.05, 4.69) is 34.5 Å². The van der Waals surface area contributed by atoms with Crippen molar-refractivity contribution in [2.24, 2.45) is 0 Å². The highest BCUT2D eigenvalue weighted by Crippen LogP contribution is 2.27. The zero-order valence-electron chi connectivity index (χ0n) is 11.8. The first kappa shape index (κ1) is 12.6. The van der Waals surface area contributed by atoms with E-state index in [0.717, 1.165) is 24.0 Å². The quantitative estimate of drug-likeness (QED) is 0.848. The summed E-state index contributed by atoms with van der Waals surface area (Å²) in [4.78, 5) is 11.8. The van der Waals surface area contributed by atoms with Crippen LogP contribution in [0.3, 0.4) is 0 Å². The normalized spacial score (nSPS) is 18.2. The van der Waals surface area contributed by atoms with Gasteiger partial charge in [0.1, 0.15) is 11.3 Å². The molecule has 2 aromatic rings. The molecular formula is C15H22N4. The highest BCUT2D eigenvalue weighted by atomic mass is 15.2. The molecule has 0 aliphatic carbocycles. The molecule has 1 aliphatic rings. The molecule has 0 atom stereocenters. The Balaban J connectivity index is 2.02. The topological polar surface area (TPSA) is 34.0 Å². The smallest absolute Gasteiger partial charge is 0.160 e. The van der Waals surface area contributed by atoms with Crippen LogP contribution in [0, 0.1) is 0 Å². The molecule has 0 radical (unpaired) electrons. The van der Waals surface area contributed by atoms with E-state index >= 15 is 0 Å². The number of likely N-dealkylation sites (tertiary alicyclic amines) is 1. The van der Waals surface area contributed by atoms with Crippen LogP contribution in [0.25, 0.3) is 11.2 Å². The van der Waals surface area contributed by atoms with E-state index in [1.807, 2.05) is 12.3 Å². The Hall–Kier alpha value is -1.42. The molecule has 0 amide bonds. The number of piperidine rings is 1. The van der Waals surface area contributed by atoms with Gasteiger partial charge in [0, 0.05) is 18.7 Å². The van der Waals surface area contributed by atoms with Crippen molar-refractivity contribution in [1.82, 2.24) is 19.4 Å². The molecule has 1 fully saturated rings. The minimum absolute atomic E-state index is 0.567. The number of imidazole rings is 1. The van der Waals surface area contributed by atoms with Gasteiger partial charge in [-0.15, -0.1) is 0 Å².